The number of ketones is 1. The fraction of sp³-hybridized carbons (Fsp3) is 0.231. The molecule has 0 spiro atoms. The molecule has 1 N–H and O–H groups in total. The highest BCUT2D eigenvalue weighted by Crippen LogP contribution is 2.12. The Bertz CT molecular complexity index is 694. The van der Waals surface area contributed by atoms with Crippen LogP contribution in [-0.4, -0.2) is 25.7 Å². The van der Waals surface area contributed by atoms with E-state index in [0.717, 1.165) is 5.69 Å². The van der Waals surface area contributed by atoms with Crippen LogP contribution in [0.4, 0.5) is 0 Å². The molecule has 0 fully saturated rings. The van der Waals surface area contributed by atoms with Gasteiger partial charge >= 0.3 is 0 Å². The second-order valence-electron chi connectivity index (χ2n) is 4.21. The van der Waals surface area contributed by atoms with Crippen LogP contribution in [0.5, 0.6) is 0 Å². The van der Waals surface area contributed by atoms with Gasteiger partial charge in [0.1, 0.15) is 0 Å². The van der Waals surface area contributed by atoms with Crippen LogP contribution in [0.2, 0.25) is 0 Å². The molecule has 1 heterocycles. The summed E-state index contributed by atoms with van der Waals surface area (Å²) < 4.78 is 26.7. The average Bonchev–Trinajstić information content (AvgIpc) is 2.92. The molecule has 2 aromatic rings. The molecule has 20 heavy (non-hydrogen) atoms. The predicted molar refractivity (Wildman–Crippen MR) is 77.5 cm³/mol. The average molecular weight is 310 g/mol. The van der Waals surface area contributed by atoms with Crippen molar-refractivity contribution < 1.29 is 13.2 Å². The SMILES string of the molecule is CC(=O)c1cccc(S(=O)(=O)NCCc2cscn2)c1. The minimum Gasteiger partial charge on any atom is -0.295 e. The third-order valence-electron chi connectivity index (χ3n) is 2.71. The van der Waals surface area contributed by atoms with Crippen LogP contribution in [0.1, 0.15) is 23.0 Å². The van der Waals surface area contributed by atoms with E-state index in [0.29, 0.717) is 12.0 Å². The van der Waals surface area contributed by atoms with Gasteiger partial charge in [-0.05, 0) is 19.1 Å². The maximum absolute atomic E-state index is 12.1. The number of carbonyl (C=O) groups is 1. The molecule has 106 valence electrons. The number of hydrogen-bond acceptors (Lipinski definition) is 5. The van der Waals surface area contributed by atoms with Crippen molar-refractivity contribution in [3.63, 3.8) is 0 Å². The molecule has 0 saturated carbocycles. The number of thiazole rings is 1. The van der Waals surface area contributed by atoms with E-state index >= 15 is 0 Å². The minimum absolute atomic E-state index is 0.100. The van der Waals surface area contributed by atoms with Crippen molar-refractivity contribution in [2.24, 2.45) is 0 Å². The van der Waals surface area contributed by atoms with Crippen molar-refractivity contribution in [2.45, 2.75) is 18.2 Å². The lowest BCUT2D eigenvalue weighted by Crippen LogP contribution is -2.26. The van der Waals surface area contributed by atoms with Gasteiger partial charge in [-0.3, -0.25) is 4.79 Å². The predicted octanol–water partition coefficient (Wildman–Crippen LogP) is 1.87. The van der Waals surface area contributed by atoms with Gasteiger partial charge in [-0.1, -0.05) is 12.1 Å². The first-order chi connectivity index (χ1) is 9.49. The molecule has 0 bridgehead atoms. The molecule has 0 atom stereocenters. The summed E-state index contributed by atoms with van der Waals surface area (Å²) in [4.78, 5) is 15.5. The summed E-state index contributed by atoms with van der Waals surface area (Å²) >= 11 is 1.47. The second-order valence-corrected chi connectivity index (χ2v) is 6.70. The molecular weight excluding hydrogens is 296 g/mol. The molecule has 5 nitrogen and oxygen atoms in total. The van der Waals surface area contributed by atoms with Gasteiger partial charge in [0.05, 0.1) is 16.1 Å². The number of nitrogens with one attached hydrogen (secondary N) is 1. The molecule has 0 unspecified atom stereocenters. The van der Waals surface area contributed by atoms with Crippen molar-refractivity contribution in [1.29, 1.82) is 0 Å². The summed E-state index contributed by atoms with van der Waals surface area (Å²) in [5.41, 5.74) is 2.95. The van der Waals surface area contributed by atoms with Gasteiger partial charge in [0.25, 0.3) is 0 Å². The quantitative estimate of drug-likeness (QED) is 0.826. The first-order valence-corrected chi connectivity index (χ1v) is 8.39. The first kappa shape index (κ1) is 14.8. The van der Waals surface area contributed by atoms with E-state index in [2.05, 4.69) is 9.71 Å². The molecule has 1 aromatic heterocycles. The minimum atomic E-state index is -3.60. The molecule has 0 aliphatic rings. The van der Waals surface area contributed by atoms with Crippen molar-refractivity contribution in [3.8, 4) is 0 Å². The summed E-state index contributed by atoms with van der Waals surface area (Å²) in [6.07, 6.45) is 0.537. The summed E-state index contributed by atoms with van der Waals surface area (Å²) in [6, 6.07) is 6.01. The molecule has 0 aliphatic carbocycles. The Labute approximate surface area is 121 Å². The number of carbonyl (C=O) groups excluding carboxylic acids is 1. The van der Waals surface area contributed by atoms with Crippen molar-refractivity contribution in [1.82, 2.24) is 9.71 Å². The number of sulfonamides is 1. The number of Topliss-reactive ketones (excluding diaryl/α,β-unsaturated/α-hetero) is 1. The highest BCUT2D eigenvalue weighted by molar-refractivity contribution is 7.89. The number of rotatable bonds is 6. The molecule has 7 heteroatoms. The molecule has 1 aromatic carbocycles. The van der Waals surface area contributed by atoms with Gasteiger partial charge < -0.3 is 0 Å². The molecule has 0 saturated heterocycles. The standard InChI is InChI=1S/C13H14N2O3S2/c1-10(16)11-3-2-4-13(7-11)20(17,18)15-6-5-12-8-19-9-14-12/h2-4,7-9,15H,5-6H2,1H3. The highest BCUT2D eigenvalue weighted by Gasteiger charge is 2.14. The van der Waals surface area contributed by atoms with Crippen molar-refractivity contribution in [3.05, 3.63) is 46.4 Å². The highest BCUT2D eigenvalue weighted by atomic mass is 32.2. The number of aromatic nitrogens is 1. The van der Waals surface area contributed by atoms with E-state index in [4.69, 9.17) is 0 Å². The van der Waals surface area contributed by atoms with E-state index in [1.807, 2.05) is 5.38 Å². The lowest BCUT2D eigenvalue weighted by atomic mass is 10.2. The van der Waals surface area contributed by atoms with E-state index in [1.165, 1.54) is 30.4 Å². The van der Waals surface area contributed by atoms with Crippen LogP contribution >= 0.6 is 11.3 Å². The summed E-state index contributed by atoms with van der Waals surface area (Å²) in [6.45, 7) is 1.68. The Morgan fingerprint density at radius 2 is 2.20 bits per heavy atom. The monoisotopic (exact) mass is 310 g/mol. The van der Waals surface area contributed by atoms with Crippen LogP contribution in [0.3, 0.4) is 0 Å². The first-order valence-electron chi connectivity index (χ1n) is 5.97. The Morgan fingerprint density at radius 3 is 2.85 bits per heavy atom. The van der Waals surface area contributed by atoms with Crippen LogP contribution in [-0.2, 0) is 16.4 Å². The normalized spacial score (nSPS) is 11.4. The van der Waals surface area contributed by atoms with Crippen LogP contribution in [0.25, 0.3) is 0 Å². The lowest BCUT2D eigenvalue weighted by Gasteiger charge is -2.07. The zero-order chi connectivity index (χ0) is 14.6. The molecule has 0 amide bonds. The second kappa shape index (κ2) is 6.25. The summed E-state index contributed by atoms with van der Waals surface area (Å²) in [7, 11) is -3.60. The van der Waals surface area contributed by atoms with Crippen molar-refractivity contribution >= 4 is 27.1 Å². The van der Waals surface area contributed by atoms with Gasteiger partial charge in [0, 0.05) is 23.9 Å². The lowest BCUT2D eigenvalue weighted by molar-refractivity contribution is 0.101. The van der Waals surface area contributed by atoms with Crippen LogP contribution in [0.15, 0.2) is 40.1 Å². The zero-order valence-corrected chi connectivity index (χ0v) is 12.5. The fourth-order valence-corrected chi connectivity index (χ4v) is 3.31. The number of nitrogens with zero attached hydrogens (tertiary/aromatic N) is 1. The van der Waals surface area contributed by atoms with Gasteiger partial charge in [-0.2, -0.15) is 0 Å². The Hall–Kier alpha value is -1.57. The summed E-state index contributed by atoms with van der Waals surface area (Å²) in [5, 5.41) is 1.88. The third-order valence-corrected chi connectivity index (χ3v) is 4.80. The van der Waals surface area contributed by atoms with Gasteiger partial charge in [-0.15, -0.1) is 11.3 Å². The third kappa shape index (κ3) is 3.72. The fourth-order valence-electron chi connectivity index (χ4n) is 1.64. The summed E-state index contributed by atoms with van der Waals surface area (Å²) in [5.74, 6) is -0.162. The van der Waals surface area contributed by atoms with E-state index < -0.39 is 10.0 Å². The van der Waals surface area contributed by atoms with E-state index in [1.54, 1.807) is 17.6 Å². The number of benzene rings is 1. The maximum atomic E-state index is 12.1. The van der Waals surface area contributed by atoms with E-state index in [-0.39, 0.29) is 17.2 Å². The molecular formula is C13H14N2O3S2. The molecule has 0 aliphatic heterocycles. The van der Waals surface area contributed by atoms with Crippen molar-refractivity contribution in [2.75, 3.05) is 6.54 Å². The smallest absolute Gasteiger partial charge is 0.240 e. The molecule has 2 rings (SSSR count). The Balaban J connectivity index is 2.06. The Morgan fingerprint density at radius 1 is 1.40 bits per heavy atom. The van der Waals surface area contributed by atoms with Crippen LogP contribution in [0, 0.1) is 0 Å². The van der Waals surface area contributed by atoms with Gasteiger partial charge in [0.2, 0.25) is 10.0 Å². The van der Waals surface area contributed by atoms with Gasteiger partial charge in [-0.25, -0.2) is 18.1 Å². The Kier molecular flexibility index (Phi) is 4.64. The van der Waals surface area contributed by atoms with Gasteiger partial charge in [0.15, 0.2) is 5.78 Å². The zero-order valence-electron chi connectivity index (χ0n) is 10.9. The topological polar surface area (TPSA) is 76.1 Å². The largest absolute Gasteiger partial charge is 0.295 e. The maximum Gasteiger partial charge on any atom is 0.240 e. The number of hydrogen-bond donors (Lipinski definition) is 1. The van der Waals surface area contributed by atoms with Crippen LogP contribution < -0.4 is 4.72 Å². The molecule has 0 radical (unpaired) electrons. The van der Waals surface area contributed by atoms with E-state index in [9.17, 15) is 13.2 Å².